The maximum atomic E-state index is 11.3. The van der Waals surface area contributed by atoms with E-state index in [9.17, 15) is 4.79 Å². The Kier molecular flexibility index (Phi) is 3.52. The summed E-state index contributed by atoms with van der Waals surface area (Å²) in [4.78, 5) is 11.3. The predicted molar refractivity (Wildman–Crippen MR) is 66.8 cm³/mol. The molecule has 1 aromatic carbocycles. The van der Waals surface area contributed by atoms with Crippen molar-refractivity contribution in [3.8, 4) is 5.75 Å². The number of nitrogens with two attached hydrogens (primary N) is 2. The molecule has 92 valence electrons. The Morgan fingerprint density at radius 3 is 2.71 bits per heavy atom. The van der Waals surface area contributed by atoms with E-state index in [1.165, 1.54) is 25.7 Å². The molecular formula is C13H18N2O2. The summed E-state index contributed by atoms with van der Waals surface area (Å²) in [7, 11) is 0. The largest absolute Gasteiger partial charge is 0.490 e. The highest BCUT2D eigenvalue weighted by molar-refractivity contribution is 5.97. The summed E-state index contributed by atoms with van der Waals surface area (Å²) < 4.78 is 5.69. The maximum Gasteiger partial charge on any atom is 0.252 e. The van der Waals surface area contributed by atoms with E-state index in [0.29, 0.717) is 29.5 Å². The van der Waals surface area contributed by atoms with Crippen molar-refractivity contribution in [3.63, 3.8) is 0 Å². The van der Waals surface area contributed by atoms with Crippen LogP contribution in [0.15, 0.2) is 18.2 Å². The number of hydrogen-bond acceptors (Lipinski definition) is 3. The van der Waals surface area contributed by atoms with Crippen LogP contribution in [0.1, 0.15) is 36.0 Å². The van der Waals surface area contributed by atoms with Crippen LogP contribution in [0.4, 0.5) is 5.69 Å². The second-order valence-corrected chi connectivity index (χ2v) is 4.55. The zero-order valence-electron chi connectivity index (χ0n) is 9.82. The molecular weight excluding hydrogens is 216 g/mol. The first-order valence-electron chi connectivity index (χ1n) is 5.99. The number of para-hydroxylation sites is 1. The molecule has 4 heteroatoms. The van der Waals surface area contributed by atoms with Gasteiger partial charge in [-0.3, -0.25) is 4.79 Å². The van der Waals surface area contributed by atoms with E-state index in [2.05, 4.69) is 0 Å². The van der Waals surface area contributed by atoms with E-state index in [4.69, 9.17) is 16.2 Å². The quantitative estimate of drug-likeness (QED) is 0.781. The number of rotatable bonds is 4. The van der Waals surface area contributed by atoms with Crippen LogP contribution in [0.25, 0.3) is 0 Å². The first-order valence-corrected chi connectivity index (χ1v) is 5.99. The summed E-state index contributed by atoms with van der Waals surface area (Å²) in [5.41, 5.74) is 11.9. The van der Waals surface area contributed by atoms with E-state index >= 15 is 0 Å². The molecule has 0 heterocycles. The zero-order chi connectivity index (χ0) is 12.3. The Bertz CT molecular complexity index is 412. The third kappa shape index (κ3) is 2.70. The van der Waals surface area contributed by atoms with Crippen LogP contribution < -0.4 is 16.2 Å². The number of benzene rings is 1. The molecule has 1 saturated carbocycles. The van der Waals surface area contributed by atoms with Gasteiger partial charge in [0.25, 0.3) is 5.91 Å². The van der Waals surface area contributed by atoms with Crippen molar-refractivity contribution in [2.24, 2.45) is 11.7 Å². The van der Waals surface area contributed by atoms with Gasteiger partial charge in [-0.1, -0.05) is 18.9 Å². The van der Waals surface area contributed by atoms with Gasteiger partial charge in [-0.25, -0.2) is 0 Å². The third-order valence-corrected chi connectivity index (χ3v) is 3.25. The minimum Gasteiger partial charge on any atom is -0.490 e. The lowest BCUT2D eigenvalue weighted by Crippen LogP contribution is -2.16. The van der Waals surface area contributed by atoms with Crippen LogP contribution in [0.5, 0.6) is 5.75 Å². The molecule has 0 aliphatic heterocycles. The number of carbonyl (C=O) groups excluding carboxylic acids is 1. The number of carbonyl (C=O) groups is 1. The molecule has 0 saturated heterocycles. The van der Waals surface area contributed by atoms with Crippen molar-refractivity contribution >= 4 is 11.6 Å². The molecule has 2 rings (SSSR count). The first-order chi connectivity index (χ1) is 8.18. The third-order valence-electron chi connectivity index (χ3n) is 3.25. The summed E-state index contributed by atoms with van der Waals surface area (Å²) in [6.07, 6.45) is 4.92. The topological polar surface area (TPSA) is 78.3 Å². The molecule has 0 aromatic heterocycles. The summed E-state index contributed by atoms with van der Waals surface area (Å²) in [5, 5.41) is 0. The average molecular weight is 234 g/mol. The number of anilines is 1. The van der Waals surface area contributed by atoms with Gasteiger partial charge in [-0.2, -0.15) is 0 Å². The van der Waals surface area contributed by atoms with E-state index in [0.717, 1.165) is 0 Å². The van der Waals surface area contributed by atoms with Crippen LogP contribution in [-0.2, 0) is 0 Å². The lowest BCUT2D eigenvalue weighted by Gasteiger charge is -2.15. The summed E-state index contributed by atoms with van der Waals surface area (Å²) >= 11 is 0. The molecule has 0 bridgehead atoms. The van der Waals surface area contributed by atoms with Crippen molar-refractivity contribution in [2.45, 2.75) is 25.7 Å². The molecule has 1 aliphatic rings. The van der Waals surface area contributed by atoms with Crippen molar-refractivity contribution in [1.29, 1.82) is 0 Å². The molecule has 1 aromatic rings. The second kappa shape index (κ2) is 5.08. The molecule has 4 N–H and O–H groups in total. The van der Waals surface area contributed by atoms with Gasteiger partial charge in [-0.05, 0) is 30.9 Å². The second-order valence-electron chi connectivity index (χ2n) is 4.55. The van der Waals surface area contributed by atoms with Gasteiger partial charge in [0, 0.05) is 0 Å². The SMILES string of the molecule is NC(=O)c1cccc(N)c1OCC1CCCC1. The minimum absolute atomic E-state index is 0.364. The highest BCUT2D eigenvalue weighted by Crippen LogP contribution is 2.29. The van der Waals surface area contributed by atoms with Crippen LogP contribution in [0.2, 0.25) is 0 Å². The minimum atomic E-state index is -0.501. The Labute approximate surface area is 101 Å². The zero-order valence-corrected chi connectivity index (χ0v) is 9.82. The Morgan fingerprint density at radius 1 is 1.35 bits per heavy atom. The molecule has 4 nitrogen and oxygen atoms in total. The van der Waals surface area contributed by atoms with Gasteiger partial charge in [-0.15, -0.1) is 0 Å². The number of hydrogen-bond donors (Lipinski definition) is 2. The molecule has 17 heavy (non-hydrogen) atoms. The van der Waals surface area contributed by atoms with Gasteiger partial charge < -0.3 is 16.2 Å². The Hall–Kier alpha value is -1.71. The molecule has 0 atom stereocenters. The normalized spacial score (nSPS) is 16.0. The fourth-order valence-corrected chi connectivity index (χ4v) is 2.29. The van der Waals surface area contributed by atoms with Gasteiger partial charge >= 0.3 is 0 Å². The van der Waals surface area contributed by atoms with E-state index < -0.39 is 5.91 Å². The van der Waals surface area contributed by atoms with Crippen LogP contribution in [0.3, 0.4) is 0 Å². The van der Waals surface area contributed by atoms with Crippen molar-refractivity contribution in [1.82, 2.24) is 0 Å². The standard InChI is InChI=1S/C13H18N2O2/c14-11-7-3-6-10(13(15)16)12(11)17-8-9-4-1-2-5-9/h3,6-7,9H,1-2,4-5,8,14H2,(H2,15,16). The number of amides is 1. The Balaban J connectivity index is 2.10. The van der Waals surface area contributed by atoms with Crippen molar-refractivity contribution in [3.05, 3.63) is 23.8 Å². The monoisotopic (exact) mass is 234 g/mol. The number of primary amides is 1. The lowest BCUT2D eigenvalue weighted by atomic mass is 10.1. The smallest absolute Gasteiger partial charge is 0.252 e. The molecule has 0 radical (unpaired) electrons. The van der Waals surface area contributed by atoms with Gasteiger partial charge in [0.2, 0.25) is 0 Å². The highest BCUT2D eigenvalue weighted by atomic mass is 16.5. The van der Waals surface area contributed by atoms with E-state index in [1.807, 2.05) is 0 Å². The average Bonchev–Trinajstić information content (AvgIpc) is 2.80. The molecule has 1 aliphatic carbocycles. The number of ether oxygens (including phenoxy) is 1. The summed E-state index contributed by atoms with van der Waals surface area (Å²) in [5.74, 6) is 0.515. The van der Waals surface area contributed by atoms with E-state index in [-0.39, 0.29) is 0 Å². The summed E-state index contributed by atoms with van der Waals surface area (Å²) in [6.45, 7) is 0.620. The molecule has 1 amide bonds. The van der Waals surface area contributed by atoms with Gasteiger partial charge in [0.1, 0.15) is 0 Å². The highest BCUT2D eigenvalue weighted by Gasteiger charge is 2.18. The Morgan fingerprint density at radius 2 is 2.06 bits per heavy atom. The first kappa shape index (κ1) is 11.8. The van der Waals surface area contributed by atoms with Crippen molar-refractivity contribution in [2.75, 3.05) is 12.3 Å². The van der Waals surface area contributed by atoms with Gasteiger partial charge in [0.15, 0.2) is 5.75 Å². The maximum absolute atomic E-state index is 11.3. The van der Waals surface area contributed by atoms with Crippen LogP contribution >= 0.6 is 0 Å². The molecule has 0 spiro atoms. The van der Waals surface area contributed by atoms with Gasteiger partial charge in [0.05, 0.1) is 17.9 Å². The fourth-order valence-electron chi connectivity index (χ4n) is 2.29. The molecule has 1 fully saturated rings. The summed E-state index contributed by atoms with van der Waals surface area (Å²) in [6, 6.07) is 5.07. The lowest BCUT2D eigenvalue weighted by molar-refractivity contribution is 0.0995. The van der Waals surface area contributed by atoms with Crippen molar-refractivity contribution < 1.29 is 9.53 Å². The number of nitrogen functional groups attached to an aromatic ring is 1. The predicted octanol–water partition coefficient (Wildman–Crippen LogP) is 1.94. The van der Waals surface area contributed by atoms with Crippen LogP contribution in [0, 0.1) is 5.92 Å². The fraction of sp³-hybridized carbons (Fsp3) is 0.462. The van der Waals surface area contributed by atoms with Crippen LogP contribution in [-0.4, -0.2) is 12.5 Å². The van der Waals surface area contributed by atoms with E-state index in [1.54, 1.807) is 18.2 Å². The molecule has 0 unspecified atom stereocenters.